The molecule has 0 amide bonds. The van der Waals surface area contributed by atoms with E-state index < -0.39 is 0 Å². The first kappa shape index (κ1) is 23.9. The summed E-state index contributed by atoms with van der Waals surface area (Å²) in [5, 5.41) is 11.2. The molecule has 0 unspecified atom stereocenters. The van der Waals surface area contributed by atoms with E-state index in [0.29, 0.717) is 55.8 Å². The summed E-state index contributed by atoms with van der Waals surface area (Å²) >= 11 is 12.2. The normalized spacial score (nSPS) is 11.0. The Hall–Kier alpha value is -3.27. The lowest BCUT2D eigenvalue weighted by Gasteiger charge is -2.11. The van der Waals surface area contributed by atoms with Gasteiger partial charge in [0.1, 0.15) is 5.15 Å². The Morgan fingerprint density at radius 2 is 1.91 bits per heavy atom. The van der Waals surface area contributed by atoms with Crippen LogP contribution < -0.4 is 16.2 Å². The van der Waals surface area contributed by atoms with E-state index in [1.54, 1.807) is 18.3 Å². The fourth-order valence-corrected chi connectivity index (χ4v) is 3.66. The van der Waals surface area contributed by atoms with E-state index in [0.717, 1.165) is 11.3 Å². The van der Waals surface area contributed by atoms with Crippen molar-refractivity contribution in [2.24, 2.45) is 0 Å². The number of halogens is 2. The number of aromatic nitrogens is 5. The summed E-state index contributed by atoms with van der Waals surface area (Å²) < 4.78 is 6.79. The van der Waals surface area contributed by atoms with Crippen LogP contribution in [0.4, 0.5) is 5.82 Å². The Kier molecular flexibility index (Phi) is 8.24. The van der Waals surface area contributed by atoms with Gasteiger partial charge in [-0.15, -0.1) is 0 Å². The fraction of sp³-hybridized carbons (Fsp3) is 0.261. The Morgan fingerprint density at radius 3 is 2.74 bits per heavy atom. The molecule has 0 atom stereocenters. The molecule has 0 aliphatic heterocycles. The van der Waals surface area contributed by atoms with Crippen LogP contribution >= 0.6 is 23.2 Å². The summed E-state index contributed by atoms with van der Waals surface area (Å²) in [4.78, 5) is 25.5. The zero-order valence-electron chi connectivity index (χ0n) is 18.2. The second-order valence-electron chi connectivity index (χ2n) is 7.41. The van der Waals surface area contributed by atoms with Crippen LogP contribution in [0.2, 0.25) is 10.2 Å². The van der Waals surface area contributed by atoms with Crippen LogP contribution in [0.5, 0.6) is 0 Å². The van der Waals surface area contributed by atoms with E-state index in [2.05, 4.69) is 30.7 Å². The molecule has 0 fully saturated rings. The van der Waals surface area contributed by atoms with E-state index in [-0.39, 0.29) is 16.5 Å². The lowest BCUT2D eigenvalue weighted by molar-refractivity contribution is 0.376. The molecular formula is C23H23Cl2N7O2. The van der Waals surface area contributed by atoms with Gasteiger partial charge in [-0.05, 0) is 24.3 Å². The van der Waals surface area contributed by atoms with Gasteiger partial charge in [-0.3, -0.25) is 14.3 Å². The summed E-state index contributed by atoms with van der Waals surface area (Å²) in [6, 6.07) is 13.0. The van der Waals surface area contributed by atoms with Gasteiger partial charge in [0.2, 0.25) is 11.7 Å². The van der Waals surface area contributed by atoms with Crippen molar-refractivity contribution >= 4 is 29.0 Å². The highest BCUT2D eigenvalue weighted by atomic mass is 35.5. The van der Waals surface area contributed by atoms with Gasteiger partial charge in [0, 0.05) is 61.5 Å². The van der Waals surface area contributed by atoms with Crippen molar-refractivity contribution in [3.8, 4) is 11.4 Å². The van der Waals surface area contributed by atoms with E-state index in [4.69, 9.17) is 27.7 Å². The molecule has 3 heterocycles. The molecule has 9 nitrogen and oxygen atoms in total. The van der Waals surface area contributed by atoms with Crippen LogP contribution in [0.1, 0.15) is 11.6 Å². The van der Waals surface area contributed by atoms with Crippen LogP contribution in [0, 0.1) is 0 Å². The molecule has 176 valence electrons. The first-order valence-corrected chi connectivity index (χ1v) is 11.5. The van der Waals surface area contributed by atoms with Gasteiger partial charge in [-0.2, -0.15) is 4.98 Å². The van der Waals surface area contributed by atoms with E-state index in [1.165, 1.54) is 10.8 Å². The largest absolute Gasteiger partial charge is 0.365 e. The Bertz CT molecular complexity index is 1280. The zero-order chi connectivity index (χ0) is 23.8. The molecule has 2 N–H and O–H groups in total. The van der Waals surface area contributed by atoms with Gasteiger partial charge in [0.15, 0.2) is 5.82 Å². The Labute approximate surface area is 206 Å². The quantitative estimate of drug-likeness (QED) is 0.301. The number of benzene rings is 1. The second kappa shape index (κ2) is 11.7. The number of nitrogens with one attached hydrogen (secondary N) is 2. The minimum atomic E-state index is -0.265. The number of rotatable bonds is 11. The monoisotopic (exact) mass is 499 g/mol. The molecule has 0 saturated heterocycles. The third-order valence-electron chi connectivity index (χ3n) is 4.98. The van der Waals surface area contributed by atoms with Gasteiger partial charge in [0.25, 0.3) is 5.56 Å². The predicted molar refractivity (Wildman–Crippen MR) is 131 cm³/mol. The SMILES string of the molecule is O=c1c(NCCc2ccccn2)ncc(Cl)n1CCNCCc1nc(-c2cccc(Cl)c2)no1. The second-order valence-corrected chi connectivity index (χ2v) is 8.23. The minimum absolute atomic E-state index is 0.264. The maximum Gasteiger partial charge on any atom is 0.294 e. The summed E-state index contributed by atoms with van der Waals surface area (Å²) in [7, 11) is 0. The molecule has 4 aromatic rings. The highest BCUT2D eigenvalue weighted by Gasteiger charge is 2.10. The van der Waals surface area contributed by atoms with Gasteiger partial charge in [0.05, 0.1) is 6.20 Å². The molecular weight excluding hydrogens is 477 g/mol. The highest BCUT2D eigenvalue weighted by Crippen LogP contribution is 2.19. The van der Waals surface area contributed by atoms with Crippen LogP contribution in [0.3, 0.4) is 0 Å². The number of pyridine rings is 1. The maximum absolute atomic E-state index is 12.7. The molecule has 11 heteroatoms. The van der Waals surface area contributed by atoms with Crippen molar-refractivity contribution in [1.82, 2.24) is 30.0 Å². The Morgan fingerprint density at radius 1 is 1.00 bits per heavy atom. The van der Waals surface area contributed by atoms with E-state index >= 15 is 0 Å². The number of hydrogen-bond acceptors (Lipinski definition) is 8. The molecule has 0 aliphatic rings. The van der Waals surface area contributed by atoms with Crippen molar-refractivity contribution in [3.63, 3.8) is 0 Å². The lowest BCUT2D eigenvalue weighted by atomic mass is 10.2. The highest BCUT2D eigenvalue weighted by molar-refractivity contribution is 6.30. The van der Waals surface area contributed by atoms with Crippen molar-refractivity contribution in [2.45, 2.75) is 19.4 Å². The van der Waals surface area contributed by atoms with E-state index in [1.807, 2.05) is 30.3 Å². The molecule has 1 aromatic carbocycles. The number of nitrogens with zero attached hydrogens (tertiary/aromatic N) is 5. The average molecular weight is 500 g/mol. The first-order valence-electron chi connectivity index (χ1n) is 10.8. The molecule has 3 aromatic heterocycles. The van der Waals surface area contributed by atoms with E-state index in [9.17, 15) is 4.79 Å². The van der Waals surface area contributed by atoms with Crippen molar-refractivity contribution in [3.05, 3.63) is 87.0 Å². The maximum atomic E-state index is 12.7. The average Bonchev–Trinajstić information content (AvgIpc) is 3.32. The molecule has 0 aliphatic carbocycles. The van der Waals surface area contributed by atoms with Gasteiger partial charge >= 0.3 is 0 Å². The zero-order valence-corrected chi connectivity index (χ0v) is 19.8. The molecule has 0 bridgehead atoms. The topological polar surface area (TPSA) is 111 Å². The van der Waals surface area contributed by atoms with Crippen molar-refractivity contribution in [1.29, 1.82) is 0 Å². The minimum Gasteiger partial charge on any atom is -0.365 e. The van der Waals surface area contributed by atoms with Crippen LogP contribution in [0.25, 0.3) is 11.4 Å². The summed E-state index contributed by atoms with van der Waals surface area (Å²) in [5.41, 5.74) is 1.47. The summed E-state index contributed by atoms with van der Waals surface area (Å²) in [6.45, 7) is 2.07. The first-order chi connectivity index (χ1) is 16.6. The standard InChI is InChI=1S/C23H23Cl2N7O2/c24-17-5-3-4-16(14-17)21-30-20(34-31-21)8-10-26-12-13-32-19(25)15-29-22(23(32)33)28-11-7-18-6-1-2-9-27-18/h1-6,9,14-15,26H,7-8,10-13H2,(H,28,29). The summed E-state index contributed by atoms with van der Waals surface area (Å²) in [5.74, 6) is 1.27. The third kappa shape index (κ3) is 6.40. The molecule has 4 rings (SSSR count). The number of anilines is 1. The van der Waals surface area contributed by atoms with Crippen molar-refractivity contribution < 1.29 is 4.52 Å². The predicted octanol–water partition coefficient (Wildman–Crippen LogP) is 3.48. The molecule has 0 saturated carbocycles. The van der Waals surface area contributed by atoms with Gasteiger partial charge < -0.3 is 15.2 Å². The van der Waals surface area contributed by atoms with Gasteiger partial charge in [-0.1, -0.05) is 46.6 Å². The third-order valence-corrected chi connectivity index (χ3v) is 5.52. The molecule has 34 heavy (non-hydrogen) atoms. The van der Waals surface area contributed by atoms with Crippen LogP contribution in [-0.4, -0.2) is 44.3 Å². The van der Waals surface area contributed by atoms with Crippen LogP contribution in [-0.2, 0) is 19.4 Å². The Balaban J connectivity index is 1.24. The van der Waals surface area contributed by atoms with Crippen molar-refractivity contribution in [2.75, 3.05) is 25.0 Å². The number of hydrogen-bond donors (Lipinski definition) is 2. The molecule has 0 radical (unpaired) electrons. The van der Waals surface area contributed by atoms with Gasteiger partial charge in [-0.25, -0.2) is 4.98 Å². The molecule has 0 spiro atoms. The van der Waals surface area contributed by atoms with Crippen LogP contribution in [0.15, 0.2) is 64.2 Å². The summed E-state index contributed by atoms with van der Waals surface area (Å²) in [6.07, 6.45) is 4.45. The smallest absolute Gasteiger partial charge is 0.294 e. The fourth-order valence-electron chi connectivity index (χ4n) is 3.26. The lowest BCUT2D eigenvalue weighted by Crippen LogP contribution is -2.31.